The number of hydrogen-bond acceptors (Lipinski definition) is 5. The van der Waals surface area contributed by atoms with Crippen molar-refractivity contribution in [1.29, 1.82) is 0 Å². The fourth-order valence-electron chi connectivity index (χ4n) is 1.41. The highest BCUT2D eigenvalue weighted by Gasteiger charge is 2.11. The Labute approximate surface area is 126 Å². The first kappa shape index (κ1) is 14.8. The van der Waals surface area contributed by atoms with Crippen LogP contribution in [0.25, 0.3) is 0 Å². The second-order valence-corrected chi connectivity index (χ2v) is 5.12. The minimum Gasteiger partial charge on any atom is -0.461 e. The molecule has 0 amide bonds. The molecule has 0 aliphatic rings. The maximum absolute atomic E-state index is 6.05. The molecule has 0 aliphatic carbocycles. The molecule has 0 N–H and O–H groups in total. The van der Waals surface area contributed by atoms with E-state index in [4.69, 9.17) is 32.7 Å². The molecule has 20 heavy (non-hydrogen) atoms. The Balaban J connectivity index is 2.28. The number of rotatable bonds is 4. The van der Waals surface area contributed by atoms with Gasteiger partial charge in [0, 0.05) is 0 Å². The fourth-order valence-corrected chi connectivity index (χ4v) is 1.71. The molecule has 0 fully saturated rings. The zero-order valence-corrected chi connectivity index (χ0v) is 12.7. The molecule has 0 saturated carbocycles. The fraction of sp³-hybridized carbons (Fsp3) is 0.308. The molecular weight excluding hydrogens is 301 g/mol. The summed E-state index contributed by atoms with van der Waals surface area (Å²) in [6, 6.07) is 5.54. The molecule has 0 bridgehead atoms. The Morgan fingerprint density at radius 1 is 1.05 bits per heavy atom. The molecular formula is C13H13Cl2N3O2. The van der Waals surface area contributed by atoms with E-state index < -0.39 is 0 Å². The first-order valence-electron chi connectivity index (χ1n) is 5.96. The molecule has 0 atom stereocenters. The highest BCUT2D eigenvalue weighted by molar-refractivity contribution is 6.32. The number of nitrogens with zero attached hydrogens (tertiary/aromatic N) is 3. The van der Waals surface area contributed by atoms with E-state index in [2.05, 4.69) is 15.0 Å². The van der Waals surface area contributed by atoms with Gasteiger partial charge in [-0.3, -0.25) is 0 Å². The maximum atomic E-state index is 6.05. The van der Waals surface area contributed by atoms with E-state index in [0.717, 1.165) is 5.56 Å². The average Bonchev–Trinajstić information content (AvgIpc) is 2.32. The van der Waals surface area contributed by atoms with Crippen molar-refractivity contribution in [3.8, 4) is 17.8 Å². The van der Waals surface area contributed by atoms with Crippen molar-refractivity contribution < 1.29 is 9.47 Å². The van der Waals surface area contributed by atoms with Crippen LogP contribution in [0.15, 0.2) is 18.2 Å². The van der Waals surface area contributed by atoms with Crippen molar-refractivity contribution >= 4 is 23.2 Å². The number of ether oxygens (including phenoxy) is 2. The van der Waals surface area contributed by atoms with Crippen LogP contribution >= 0.6 is 23.2 Å². The van der Waals surface area contributed by atoms with Gasteiger partial charge in [0.1, 0.15) is 5.75 Å². The molecule has 2 rings (SSSR count). The lowest BCUT2D eigenvalue weighted by Crippen LogP contribution is -2.09. The summed E-state index contributed by atoms with van der Waals surface area (Å²) >= 11 is 11.9. The minimum absolute atomic E-state index is 0.00516. The van der Waals surface area contributed by atoms with Gasteiger partial charge in [-0.1, -0.05) is 17.7 Å². The van der Waals surface area contributed by atoms with E-state index in [1.54, 1.807) is 12.1 Å². The summed E-state index contributed by atoms with van der Waals surface area (Å²) in [5.74, 6) is 0.449. The molecule has 106 valence electrons. The van der Waals surface area contributed by atoms with Crippen LogP contribution in [0.4, 0.5) is 0 Å². The monoisotopic (exact) mass is 313 g/mol. The lowest BCUT2D eigenvalue weighted by atomic mass is 10.2. The van der Waals surface area contributed by atoms with E-state index >= 15 is 0 Å². The lowest BCUT2D eigenvalue weighted by molar-refractivity contribution is 0.218. The van der Waals surface area contributed by atoms with E-state index in [1.165, 1.54) is 0 Å². The standard InChI is InChI=1S/C13H13Cl2N3O2/c1-7(2)19-12-16-11(15)17-13(18-12)20-10-6-8(3)4-5-9(10)14/h4-7H,1-3H3. The van der Waals surface area contributed by atoms with Crippen molar-refractivity contribution in [1.82, 2.24) is 15.0 Å². The van der Waals surface area contributed by atoms with E-state index in [1.807, 2.05) is 26.8 Å². The third-order valence-corrected chi connectivity index (χ3v) is 2.68. The predicted octanol–water partition coefficient (Wildman–Crippen LogP) is 4.07. The third-order valence-electron chi connectivity index (χ3n) is 2.20. The molecule has 1 heterocycles. The van der Waals surface area contributed by atoms with Crippen LogP contribution in [-0.4, -0.2) is 21.1 Å². The summed E-state index contributed by atoms with van der Waals surface area (Å²) < 4.78 is 10.9. The predicted molar refractivity (Wildman–Crippen MR) is 76.9 cm³/mol. The van der Waals surface area contributed by atoms with Gasteiger partial charge in [0.05, 0.1) is 11.1 Å². The Morgan fingerprint density at radius 2 is 1.75 bits per heavy atom. The second-order valence-electron chi connectivity index (χ2n) is 4.37. The van der Waals surface area contributed by atoms with Gasteiger partial charge in [-0.15, -0.1) is 4.98 Å². The Morgan fingerprint density at radius 3 is 2.45 bits per heavy atom. The summed E-state index contributed by atoms with van der Waals surface area (Å²) in [7, 11) is 0. The first-order chi connectivity index (χ1) is 9.44. The molecule has 0 aliphatic heterocycles. The smallest absolute Gasteiger partial charge is 0.329 e. The van der Waals surface area contributed by atoms with Crippen molar-refractivity contribution in [3.63, 3.8) is 0 Å². The maximum Gasteiger partial charge on any atom is 0.329 e. The van der Waals surface area contributed by atoms with E-state index in [9.17, 15) is 0 Å². The van der Waals surface area contributed by atoms with Gasteiger partial charge >= 0.3 is 12.0 Å². The highest BCUT2D eigenvalue weighted by Crippen LogP contribution is 2.29. The van der Waals surface area contributed by atoms with E-state index in [0.29, 0.717) is 10.8 Å². The summed E-state index contributed by atoms with van der Waals surface area (Å²) in [6.45, 7) is 5.64. The molecule has 1 aromatic heterocycles. The normalized spacial score (nSPS) is 10.7. The molecule has 0 unspecified atom stereocenters. The van der Waals surface area contributed by atoms with Gasteiger partial charge in [-0.05, 0) is 50.1 Å². The first-order valence-corrected chi connectivity index (χ1v) is 6.72. The minimum atomic E-state index is -0.0797. The topological polar surface area (TPSA) is 57.1 Å². The van der Waals surface area contributed by atoms with Gasteiger partial charge < -0.3 is 9.47 Å². The van der Waals surface area contributed by atoms with Crippen molar-refractivity contribution in [2.75, 3.05) is 0 Å². The highest BCUT2D eigenvalue weighted by atomic mass is 35.5. The summed E-state index contributed by atoms with van der Waals surface area (Å²) in [5, 5.41) is 0.452. The number of aryl methyl sites for hydroxylation is 1. The van der Waals surface area contributed by atoms with Crippen LogP contribution in [0, 0.1) is 6.92 Å². The van der Waals surface area contributed by atoms with Crippen LogP contribution in [0.3, 0.4) is 0 Å². The van der Waals surface area contributed by atoms with E-state index in [-0.39, 0.29) is 23.4 Å². The molecule has 7 heteroatoms. The second kappa shape index (κ2) is 6.24. The zero-order chi connectivity index (χ0) is 14.7. The van der Waals surface area contributed by atoms with Gasteiger partial charge in [-0.2, -0.15) is 9.97 Å². The van der Waals surface area contributed by atoms with Crippen LogP contribution in [0.5, 0.6) is 17.8 Å². The Bertz CT molecular complexity index is 621. The molecule has 5 nitrogen and oxygen atoms in total. The summed E-state index contributed by atoms with van der Waals surface area (Å²) in [6.07, 6.45) is -0.0797. The van der Waals surface area contributed by atoms with Crippen LogP contribution in [0.1, 0.15) is 19.4 Å². The van der Waals surface area contributed by atoms with Crippen molar-refractivity contribution in [2.24, 2.45) is 0 Å². The summed E-state index contributed by atoms with van der Waals surface area (Å²) in [4.78, 5) is 11.8. The molecule has 0 saturated heterocycles. The number of benzene rings is 1. The number of halogens is 2. The van der Waals surface area contributed by atoms with Gasteiger partial charge in [0.25, 0.3) is 0 Å². The van der Waals surface area contributed by atoms with Crippen LogP contribution in [0.2, 0.25) is 10.3 Å². The van der Waals surface area contributed by atoms with Crippen LogP contribution in [-0.2, 0) is 0 Å². The molecule has 2 aromatic rings. The number of aromatic nitrogens is 3. The van der Waals surface area contributed by atoms with Crippen molar-refractivity contribution in [2.45, 2.75) is 26.9 Å². The largest absolute Gasteiger partial charge is 0.461 e. The number of hydrogen-bond donors (Lipinski definition) is 0. The average molecular weight is 314 g/mol. The molecule has 0 spiro atoms. The van der Waals surface area contributed by atoms with Crippen LogP contribution < -0.4 is 9.47 Å². The third kappa shape index (κ3) is 3.95. The Hall–Kier alpha value is -1.59. The van der Waals surface area contributed by atoms with Gasteiger partial charge in [0.15, 0.2) is 0 Å². The quantitative estimate of drug-likeness (QED) is 0.851. The zero-order valence-electron chi connectivity index (χ0n) is 11.2. The van der Waals surface area contributed by atoms with Gasteiger partial charge in [-0.25, -0.2) is 0 Å². The molecule has 0 radical (unpaired) electrons. The molecule has 1 aromatic carbocycles. The lowest BCUT2D eigenvalue weighted by Gasteiger charge is -2.10. The van der Waals surface area contributed by atoms with Crippen molar-refractivity contribution in [3.05, 3.63) is 34.1 Å². The summed E-state index contributed by atoms with van der Waals surface area (Å²) in [5.41, 5.74) is 1.00. The van der Waals surface area contributed by atoms with Gasteiger partial charge in [0.2, 0.25) is 5.28 Å². The Kier molecular flexibility index (Phi) is 4.62. The SMILES string of the molecule is Cc1ccc(Cl)c(Oc2nc(Cl)nc(OC(C)C)n2)c1.